The molecule has 17 heavy (non-hydrogen) atoms. The fourth-order valence-electron chi connectivity index (χ4n) is 1.94. The summed E-state index contributed by atoms with van der Waals surface area (Å²) in [5, 5.41) is 15.8. The molecule has 0 amide bonds. The minimum absolute atomic E-state index is 0.0127. The fraction of sp³-hybridized carbons (Fsp3) is 0.818. The van der Waals surface area contributed by atoms with Crippen molar-refractivity contribution in [3.8, 4) is 0 Å². The van der Waals surface area contributed by atoms with Crippen LogP contribution in [0.4, 0.5) is 0 Å². The van der Waals surface area contributed by atoms with Crippen LogP contribution < -0.4 is 5.32 Å². The van der Waals surface area contributed by atoms with Crippen LogP contribution in [0.2, 0.25) is 0 Å². The second-order valence-electron chi connectivity index (χ2n) is 5.05. The SMILES string of the molecule is CON1C([N+](=O)[O-])=C(C(C)C)NC1(C)C(C)C. The largest absolute Gasteiger partial charge is 0.370 e. The van der Waals surface area contributed by atoms with E-state index >= 15 is 0 Å². The average molecular weight is 243 g/mol. The fourth-order valence-corrected chi connectivity index (χ4v) is 1.94. The zero-order valence-corrected chi connectivity index (χ0v) is 11.3. The lowest BCUT2D eigenvalue weighted by Gasteiger charge is -2.32. The first kappa shape index (κ1) is 13.8. The molecule has 1 rings (SSSR count). The topological polar surface area (TPSA) is 67.6 Å². The van der Waals surface area contributed by atoms with Crippen molar-refractivity contribution >= 4 is 0 Å². The van der Waals surface area contributed by atoms with Crippen LogP contribution in [0.5, 0.6) is 0 Å². The Hall–Kier alpha value is -1.30. The maximum absolute atomic E-state index is 11.2. The molecule has 6 nitrogen and oxygen atoms in total. The summed E-state index contributed by atoms with van der Waals surface area (Å²) in [5.74, 6) is 0.223. The molecule has 1 heterocycles. The number of hydroxylamine groups is 2. The Kier molecular flexibility index (Phi) is 3.66. The van der Waals surface area contributed by atoms with E-state index in [1.165, 1.54) is 12.2 Å². The van der Waals surface area contributed by atoms with Gasteiger partial charge in [-0.1, -0.05) is 32.8 Å². The predicted molar refractivity (Wildman–Crippen MR) is 64.1 cm³/mol. The summed E-state index contributed by atoms with van der Waals surface area (Å²) in [6.07, 6.45) is 0. The van der Waals surface area contributed by atoms with E-state index in [-0.39, 0.29) is 22.6 Å². The number of rotatable bonds is 4. The van der Waals surface area contributed by atoms with Gasteiger partial charge in [-0.15, -0.1) is 0 Å². The van der Waals surface area contributed by atoms with Gasteiger partial charge in [-0.2, -0.15) is 4.84 Å². The highest BCUT2D eigenvalue weighted by Gasteiger charge is 2.53. The number of hydrogen-bond donors (Lipinski definition) is 1. The molecule has 0 aromatic heterocycles. The summed E-state index contributed by atoms with van der Waals surface area (Å²) >= 11 is 0. The van der Waals surface area contributed by atoms with Gasteiger partial charge in [0, 0.05) is 18.8 Å². The van der Waals surface area contributed by atoms with Crippen molar-refractivity contribution in [1.82, 2.24) is 10.4 Å². The van der Waals surface area contributed by atoms with Crippen LogP contribution in [-0.4, -0.2) is 22.8 Å². The molecular formula is C11H21N3O3. The zero-order chi connectivity index (χ0) is 13.4. The first-order valence-corrected chi connectivity index (χ1v) is 5.76. The number of nitrogens with zero attached hydrogens (tertiary/aromatic N) is 2. The van der Waals surface area contributed by atoms with E-state index in [1.54, 1.807) is 0 Å². The number of nitrogens with one attached hydrogen (secondary N) is 1. The highest BCUT2D eigenvalue weighted by Crippen LogP contribution is 2.36. The molecule has 1 unspecified atom stereocenters. The maximum Gasteiger partial charge on any atom is 0.370 e. The van der Waals surface area contributed by atoms with Crippen molar-refractivity contribution in [2.45, 2.75) is 40.3 Å². The van der Waals surface area contributed by atoms with Gasteiger partial charge in [0.2, 0.25) is 5.66 Å². The van der Waals surface area contributed by atoms with E-state index in [1.807, 2.05) is 34.6 Å². The molecule has 1 aliphatic rings. The van der Waals surface area contributed by atoms with Crippen LogP contribution in [0, 0.1) is 22.0 Å². The second-order valence-corrected chi connectivity index (χ2v) is 5.05. The summed E-state index contributed by atoms with van der Waals surface area (Å²) in [6.45, 7) is 9.75. The molecule has 0 saturated heterocycles. The van der Waals surface area contributed by atoms with Gasteiger partial charge in [-0.3, -0.25) is 0 Å². The van der Waals surface area contributed by atoms with Crippen LogP contribution in [0.1, 0.15) is 34.6 Å². The van der Waals surface area contributed by atoms with Gasteiger partial charge in [-0.05, 0) is 4.92 Å². The molecule has 0 fully saturated rings. The molecule has 1 aliphatic heterocycles. The van der Waals surface area contributed by atoms with Crippen LogP contribution in [-0.2, 0) is 4.84 Å². The van der Waals surface area contributed by atoms with E-state index in [9.17, 15) is 10.1 Å². The lowest BCUT2D eigenvalue weighted by Crippen LogP contribution is -2.54. The van der Waals surface area contributed by atoms with Gasteiger partial charge in [0.25, 0.3) is 0 Å². The molecule has 1 N–H and O–H groups in total. The summed E-state index contributed by atoms with van der Waals surface area (Å²) in [7, 11) is 1.45. The van der Waals surface area contributed by atoms with Crippen molar-refractivity contribution in [3.63, 3.8) is 0 Å². The van der Waals surface area contributed by atoms with E-state index in [2.05, 4.69) is 5.32 Å². The third-order valence-corrected chi connectivity index (χ3v) is 3.30. The normalized spacial score (nSPS) is 24.8. The Balaban J connectivity index is 3.26. The third kappa shape index (κ3) is 2.09. The molecule has 0 bridgehead atoms. The molecular weight excluding hydrogens is 222 g/mol. The number of nitro groups is 1. The maximum atomic E-state index is 11.2. The molecule has 0 aliphatic carbocycles. The smallest absolute Gasteiger partial charge is 0.358 e. The molecule has 0 radical (unpaired) electrons. The number of allylic oxidation sites excluding steroid dienone is 1. The van der Waals surface area contributed by atoms with Crippen LogP contribution in [0.25, 0.3) is 0 Å². The summed E-state index contributed by atoms with van der Waals surface area (Å²) in [6, 6.07) is 0. The summed E-state index contributed by atoms with van der Waals surface area (Å²) in [4.78, 5) is 16.0. The molecule has 98 valence electrons. The van der Waals surface area contributed by atoms with E-state index in [0.29, 0.717) is 5.70 Å². The van der Waals surface area contributed by atoms with Crippen molar-refractivity contribution in [2.24, 2.45) is 11.8 Å². The van der Waals surface area contributed by atoms with Crippen molar-refractivity contribution in [3.05, 3.63) is 21.6 Å². The van der Waals surface area contributed by atoms with Gasteiger partial charge < -0.3 is 15.4 Å². The first-order chi connectivity index (χ1) is 7.75. The van der Waals surface area contributed by atoms with Crippen LogP contribution >= 0.6 is 0 Å². The van der Waals surface area contributed by atoms with E-state index < -0.39 is 5.66 Å². The Morgan fingerprint density at radius 2 is 1.94 bits per heavy atom. The summed E-state index contributed by atoms with van der Waals surface area (Å²) in [5.41, 5.74) is 0.0320. The van der Waals surface area contributed by atoms with Gasteiger partial charge in [0.15, 0.2) is 0 Å². The average Bonchev–Trinajstić information content (AvgIpc) is 2.52. The minimum atomic E-state index is -0.587. The van der Waals surface area contributed by atoms with Crippen LogP contribution in [0.15, 0.2) is 11.5 Å². The van der Waals surface area contributed by atoms with Crippen molar-refractivity contribution in [1.29, 1.82) is 0 Å². The zero-order valence-electron chi connectivity index (χ0n) is 11.3. The first-order valence-electron chi connectivity index (χ1n) is 5.76. The number of hydrogen-bond acceptors (Lipinski definition) is 5. The highest BCUT2D eigenvalue weighted by molar-refractivity contribution is 5.18. The molecule has 1 atom stereocenters. The Labute approximate surface area is 102 Å². The Bertz CT molecular complexity index is 352. The third-order valence-electron chi connectivity index (χ3n) is 3.30. The standard InChI is InChI=1S/C11H21N3O3/c1-7(2)9-10(14(15)16)13(17-6)11(5,12-9)8(3)4/h7-8,12H,1-6H3. The molecule has 0 saturated carbocycles. The Morgan fingerprint density at radius 1 is 1.41 bits per heavy atom. The van der Waals surface area contributed by atoms with Crippen molar-refractivity contribution < 1.29 is 9.76 Å². The van der Waals surface area contributed by atoms with Crippen molar-refractivity contribution in [2.75, 3.05) is 7.11 Å². The quantitative estimate of drug-likeness (QED) is 0.603. The van der Waals surface area contributed by atoms with E-state index in [0.717, 1.165) is 0 Å². The second kappa shape index (κ2) is 4.52. The Morgan fingerprint density at radius 3 is 2.24 bits per heavy atom. The molecule has 0 aromatic carbocycles. The van der Waals surface area contributed by atoms with E-state index in [4.69, 9.17) is 4.84 Å². The molecule has 0 aromatic rings. The van der Waals surface area contributed by atoms with Gasteiger partial charge in [0.05, 0.1) is 7.11 Å². The monoisotopic (exact) mass is 243 g/mol. The minimum Gasteiger partial charge on any atom is -0.358 e. The van der Waals surface area contributed by atoms with Crippen LogP contribution in [0.3, 0.4) is 0 Å². The lowest BCUT2D eigenvalue weighted by atomic mass is 9.98. The highest BCUT2D eigenvalue weighted by atomic mass is 16.7. The molecule has 0 spiro atoms. The summed E-state index contributed by atoms with van der Waals surface area (Å²) < 4.78 is 0. The predicted octanol–water partition coefficient (Wildman–Crippen LogP) is 1.93. The van der Waals surface area contributed by atoms with Gasteiger partial charge in [-0.25, -0.2) is 0 Å². The lowest BCUT2D eigenvalue weighted by molar-refractivity contribution is -0.472. The van der Waals surface area contributed by atoms with Gasteiger partial charge >= 0.3 is 5.82 Å². The molecule has 6 heteroatoms. The van der Waals surface area contributed by atoms with Gasteiger partial charge in [0.1, 0.15) is 5.70 Å².